The molecule has 3 rings (SSSR count). The molecule has 6 nitrogen and oxygen atoms in total. The SMILES string of the molecule is COc1ccc(CNc2nc(Cl)nc3[nH]ccc23)nc1. The Bertz CT molecular complexity index is 725. The number of pyridine rings is 1. The second-order valence-corrected chi connectivity index (χ2v) is 4.46. The fraction of sp³-hybridized carbons (Fsp3) is 0.154. The molecule has 3 heterocycles. The molecule has 2 N–H and O–H groups in total. The molecule has 0 unspecified atom stereocenters. The number of halogens is 1. The smallest absolute Gasteiger partial charge is 0.226 e. The molecule has 0 aliphatic heterocycles. The van der Waals surface area contributed by atoms with Crippen molar-refractivity contribution in [3.63, 3.8) is 0 Å². The Morgan fingerprint density at radius 1 is 1.30 bits per heavy atom. The van der Waals surface area contributed by atoms with E-state index in [1.807, 2.05) is 18.2 Å². The average Bonchev–Trinajstić information content (AvgIpc) is 2.93. The average molecular weight is 290 g/mol. The lowest BCUT2D eigenvalue weighted by Gasteiger charge is -2.07. The van der Waals surface area contributed by atoms with Gasteiger partial charge in [-0.15, -0.1) is 0 Å². The van der Waals surface area contributed by atoms with Crippen LogP contribution in [-0.4, -0.2) is 27.0 Å². The van der Waals surface area contributed by atoms with Crippen LogP contribution in [0.4, 0.5) is 5.82 Å². The molecule has 0 atom stereocenters. The number of aromatic nitrogens is 4. The van der Waals surface area contributed by atoms with Gasteiger partial charge in [0, 0.05) is 6.20 Å². The van der Waals surface area contributed by atoms with Crippen LogP contribution in [0, 0.1) is 0 Å². The van der Waals surface area contributed by atoms with Crippen molar-refractivity contribution >= 4 is 28.5 Å². The van der Waals surface area contributed by atoms with Gasteiger partial charge in [-0.25, -0.2) is 4.98 Å². The molecule has 0 bridgehead atoms. The number of fused-ring (bicyclic) bond motifs is 1. The van der Waals surface area contributed by atoms with Gasteiger partial charge >= 0.3 is 0 Å². The molecule has 0 spiro atoms. The summed E-state index contributed by atoms with van der Waals surface area (Å²) in [5.74, 6) is 1.41. The largest absolute Gasteiger partial charge is 0.495 e. The van der Waals surface area contributed by atoms with Gasteiger partial charge in [-0.1, -0.05) is 0 Å². The van der Waals surface area contributed by atoms with Crippen LogP contribution in [0.25, 0.3) is 11.0 Å². The fourth-order valence-corrected chi connectivity index (χ4v) is 2.03. The van der Waals surface area contributed by atoms with E-state index in [9.17, 15) is 0 Å². The molecule has 3 aromatic heterocycles. The first-order valence-corrected chi connectivity index (χ1v) is 6.37. The molecule has 0 aliphatic carbocycles. The first-order valence-electron chi connectivity index (χ1n) is 5.99. The third-order valence-electron chi connectivity index (χ3n) is 2.86. The van der Waals surface area contributed by atoms with Gasteiger partial charge in [-0.2, -0.15) is 4.98 Å². The van der Waals surface area contributed by atoms with E-state index >= 15 is 0 Å². The van der Waals surface area contributed by atoms with Crippen molar-refractivity contribution in [2.24, 2.45) is 0 Å². The predicted octanol–water partition coefficient (Wildman–Crippen LogP) is 2.63. The van der Waals surface area contributed by atoms with E-state index in [1.54, 1.807) is 19.5 Å². The lowest BCUT2D eigenvalue weighted by molar-refractivity contribution is 0.412. The van der Waals surface area contributed by atoms with Crippen LogP contribution in [0.1, 0.15) is 5.69 Å². The summed E-state index contributed by atoms with van der Waals surface area (Å²) in [5, 5.41) is 4.30. The molecule has 0 amide bonds. The van der Waals surface area contributed by atoms with Crippen LogP contribution in [0.5, 0.6) is 5.75 Å². The Balaban J connectivity index is 1.80. The summed E-state index contributed by atoms with van der Waals surface area (Å²) in [6.45, 7) is 0.539. The number of hydrogen-bond donors (Lipinski definition) is 2. The summed E-state index contributed by atoms with van der Waals surface area (Å²) in [5.41, 5.74) is 1.58. The van der Waals surface area contributed by atoms with Crippen LogP contribution in [0.15, 0.2) is 30.6 Å². The van der Waals surface area contributed by atoms with E-state index in [0.717, 1.165) is 16.8 Å². The highest BCUT2D eigenvalue weighted by Crippen LogP contribution is 2.21. The van der Waals surface area contributed by atoms with Crippen molar-refractivity contribution in [3.05, 3.63) is 41.6 Å². The summed E-state index contributed by atoms with van der Waals surface area (Å²) in [6, 6.07) is 5.65. The number of hydrogen-bond acceptors (Lipinski definition) is 5. The second kappa shape index (κ2) is 5.34. The second-order valence-electron chi connectivity index (χ2n) is 4.12. The van der Waals surface area contributed by atoms with Crippen LogP contribution in [-0.2, 0) is 6.54 Å². The Hall–Kier alpha value is -2.34. The molecule has 0 saturated heterocycles. The molecule has 3 aromatic rings. The molecule has 0 fully saturated rings. The Kier molecular flexibility index (Phi) is 3.39. The Morgan fingerprint density at radius 2 is 2.20 bits per heavy atom. The fourth-order valence-electron chi connectivity index (χ4n) is 1.86. The third kappa shape index (κ3) is 2.50. The summed E-state index contributed by atoms with van der Waals surface area (Å²) in [4.78, 5) is 15.6. The van der Waals surface area contributed by atoms with Gasteiger partial charge in [-0.05, 0) is 29.8 Å². The van der Waals surface area contributed by atoms with E-state index in [4.69, 9.17) is 16.3 Å². The Labute approximate surface area is 120 Å². The van der Waals surface area contributed by atoms with Gasteiger partial charge < -0.3 is 15.0 Å². The third-order valence-corrected chi connectivity index (χ3v) is 3.03. The van der Waals surface area contributed by atoms with Gasteiger partial charge in [0.05, 0.1) is 30.9 Å². The van der Waals surface area contributed by atoms with E-state index in [0.29, 0.717) is 18.0 Å². The molecule has 7 heteroatoms. The molecule has 0 saturated carbocycles. The predicted molar refractivity (Wildman–Crippen MR) is 77.0 cm³/mol. The van der Waals surface area contributed by atoms with Crippen LogP contribution in [0.3, 0.4) is 0 Å². The standard InChI is InChI=1S/C13H12ClN5O/c1-20-9-3-2-8(16-7-9)6-17-12-10-4-5-15-11(10)18-13(14)19-12/h2-5,7H,6H2,1H3,(H2,15,17,18,19). The van der Waals surface area contributed by atoms with Crippen LogP contribution in [0.2, 0.25) is 5.28 Å². The van der Waals surface area contributed by atoms with Crippen molar-refractivity contribution in [2.45, 2.75) is 6.54 Å². The molecule has 0 aromatic carbocycles. The van der Waals surface area contributed by atoms with E-state index in [2.05, 4.69) is 25.3 Å². The maximum Gasteiger partial charge on any atom is 0.226 e. The number of nitrogens with one attached hydrogen (secondary N) is 2. The zero-order valence-electron chi connectivity index (χ0n) is 10.7. The van der Waals surface area contributed by atoms with Gasteiger partial charge in [0.15, 0.2) is 0 Å². The van der Waals surface area contributed by atoms with Crippen molar-refractivity contribution in [1.29, 1.82) is 0 Å². The summed E-state index contributed by atoms with van der Waals surface area (Å²) < 4.78 is 5.07. The maximum atomic E-state index is 5.89. The number of H-pyrrole nitrogens is 1. The molecule has 102 valence electrons. The van der Waals surface area contributed by atoms with E-state index in [1.165, 1.54) is 0 Å². The van der Waals surface area contributed by atoms with Crippen LogP contribution < -0.4 is 10.1 Å². The minimum atomic E-state index is 0.199. The maximum absolute atomic E-state index is 5.89. The summed E-state index contributed by atoms with van der Waals surface area (Å²) in [6.07, 6.45) is 3.47. The zero-order chi connectivity index (χ0) is 13.9. The number of anilines is 1. The number of ether oxygens (including phenoxy) is 1. The van der Waals surface area contributed by atoms with E-state index in [-0.39, 0.29) is 5.28 Å². The minimum Gasteiger partial charge on any atom is -0.495 e. The number of methoxy groups -OCH3 is 1. The topological polar surface area (TPSA) is 75.7 Å². The van der Waals surface area contributed by atoms with Crippen LogP contribution >= 0.6 is 11.6 Å². The van der Waals surface area contributed by atoms with Crippen molar-refractivity contribution < 1.29 is 4.74 Å². The van der Waals surface area contributed by atoms with Gasteiger partial charge in [0.2, 0.25) is 5.28 Å². The van der Waals surface area contributed by atoms with E-state index < -0.39 is 0 Å². The number of rotatable bonds is 4. The Morgan fingerprint density at radius 3 is 2.95 bits per heavy atom. The van der Waals surface area contributed by atoms with Crippen molar-refractivity contribution in [3.8, 4) is 5.75 Å². The molecule has 0 radical (unpaired) electrons. The lowest BCUT2D eigenvalue weighted by Crippen LogP contribution is -2.04. The first kappa shape index (κ1) is 12.7. The normalized spacial score (nSPS) is 10.7. The quantitative estimate of drug-likeness (QED) is 0.722. The van der Waals surface area contributed by atoms with Gasteiger partial charge in [0.1, 0.15) is 17.2 Å². The minimum absolute atomic E-state index is 0.199. The zero-order valence-corrected chi connectivity index (χ0v) is 11.5. The summed E-state index contributed by atoms with van der Waals surface area (Å²) >= 11 is 5.89. The summed E-state index contributed by atoms with van der Waals surface area (Å²) in [7, 11) is 1.61. The number of aromatic amines is 1. The van der Waals surface area contributed by atoms with Crippen molar-refractivity contribution in [2.75, 3.05) is 12.4 Å². The number of nitrogens with zero attached hydrogens (tertiary/aromatic N) is 3. The van der Waals surface area contributed by atoms with Crippen molar-refractivity contribution in [1.82, 2.24) is 19.9 Å². The highest BCUT2D eigenvalue weighted by atomic mass is 35.5. The molecule has 20 heavy (non-hydrogen) atoms. The van der Waals surface area contributed by atoms with Gasteiger partial charge in [0.25, 0.3) is 0 Å². The lowest BCUT2D eigenvalue weighted by atomic mass is 10.3. The molecular formula is C13H12ClN5O. The highest BCUT2D eigenvalue weighted by Gasteiger charge is 2.07. The molecular weight excluding hydrogens is 278 g/mol. The molecule has 0 aliphatic rings. The highest BCUT2D eigenvalue weighted by molar-refractivity contribution is 6.28. The monoisotopic (exact) mass is 289 g/mol. The first-order chi connectivity index (χ1) is 9.76. The van der Waals surface area contributed by atoms with Gasteiger partial charge in [-0.3, -0.25) is 4.98 Å².